The minimum absolute atomic E-state index is 0.000655. The van der Waals surface area contributed by atoms with Gasteiger partial charge in [-0.2, -0.15) is 0 Å². The van der Waals surface area contributed by atoms with E-state index in [-0.39, 0.29) is 26.1 Å². The summed E-state index contributed by atoms with van der Waals surface area (Å²) in [6.07, 6.45) is 34.4. The topological polar surface area (TPSA) is 142 Å². The standard InChI is InChI=1S/C48H80NO10P/c1-8-10-11-12-13-14-15-16-17-18-21-24-27-32-43(50)33-30-36-48(52)58-44(40-57-60(53,54)56-38-37-49(5,6)7)39-55-47(51)35-29-26-23-20-19-22-25-28-34-46-42(4)41(3)45(59-46)31-9-2/h10-11,13-14,16-17,21,24,27,32,43-44,50H,8-9,12,15,18-20,22-23,25-26,28-31,33-40H2,1-7H3/p+1/b11-10-,14-13-,17-16-,24-21-,32-27+/t43?,44-/m1/s1. The van der Waals surface area contributed by atoms with Crippen molar-refractivity contribution in [2.45, 2.75) is 162 Å². The van der Waals surface area contributed by atoms with E-state index in [1.807, 2.05) is 33.3 Å². The highest BCUT2D eigenvalue weighted by Crippen LogP contribution is 2.43. The van der Waals surface area contributed by atoms with Crippen LogP contribution in [-0.4, -0.2) is 86.1 Å². The van der Waals surface area contributed by atoms with Crippen molar-refractivity contribution in [1.29, 1.82) is 0 Å². The number of hydrogen-bond acceptors (Lipinski definition) is 9. The first-order chi connectivity index (χ1) is 28.7. The summed E-state index contributed by atoms with van der Waals surface area (Å²) in [6, 6.07) is 0. The minimum Gasteiger partial charge on any atom is -0.466 e. The molecule has 0 radical (unpaired) electrons. The van der Waals surface area contributed by atoms with E-state index in [4.69, 9.17) is 22.9 Å². The molecule has 2 N–H and O–H groups in total. The van der Waals surface area contributed by atoms with Gasteiger partial charge in [0.2, 0.25) is 0 Å². The number of aliphatic hydroxyl groups is 1. The van der Waals surface area contributed by atoms with E-state index in [1.165, 1.54) is 24.0 Å². The molecule has 1 aromatic rings. The Morgan fingerprint density at radius 1 is 0.717 bits per heavy atom. The Kier molecular flexibility index (Phi) is 30.7. The van der Waals surface area contributed by atoms with Crippen LogP contribution in [-0.2, 0) is 45.5 Å². The average Bonchev–Trinajstić information content (AvgIpc) is 3.45. The van der Waals surface area contributed by atoms with Gasteiger partial charge in [-0.05, 0) is 82.8 Å². The number of ether oxygens (including phenoxy) is 2. The molecule has 0 amide bonds. The molecule has 0 saturated heterocycles. The van der Waals surface area contributed by atoms with Crippen LogP contribution >= 0.6 is 7.82 Å². The maximum atomic E-state index is 12.7. The van der Waals surface area contributed by atoms with Crippen molar-refractivity contribution >= 4 is 19.8 Å². The SMILES string of the molecule is CC/C=C\C/C=C\C/C=C\C/C=C\C=C\C(O)CCCC(=O)O[C@H](COC(=O)CCCCCCCCCCc1oc(CCC)c(C)c1C)COP(=O)(O)OCC[N+](C)(C)C. The summed E-state index contributed by atoms with van der Waals surface area (Å²) in [5, 5.41) is 10.3. The first kappa shape index (κ1) is 55.0. The molecule has 12 heteroatoms. The smallest absolute Gasteiger partial charge is 0.466 e. The molecular weight excluding hydrogens is 781 g/mol. The molecule has 1 heterocycles. The Bertz CT molecular complexity index is 1500. The molecule has 0 bridgehead atoms. The summed E-state index contributed by atoms with van der Waals surface area (Å²) in [4.78, 5) is 35.5. The van der Waals surface area contributed by atoms with E-state index >= 15 is 0 Å². The monoisotopic (exact) mass is 863 g/mol. The number of carbonyl (C=O) groups excluding carboxylic acids is 2. The van der Waals surface area contributed by atoms with Gasteiger partial charge in [-0.15, -0.1) is 0 Å². The van der Waals surface area contributed by atoms with Crippen molar-refractivity contribution in [3.63, 3.8) is 0 Å². The largest absolute Gasteiger partial charge is 0.472 e. The molecule has 0 fully saturated rings. The van der Waals surface area contributed by atoms with Crippen molar-refractivity contribution in [2.24, 2.45) is 0 Å². The second kappa shape index (κ2) is 33.6. The molecule has 0 aromatic carbocycles. The third-order valence-corrected chi connectivity index (χ3v) is 10.8. The lowest BCUT2D eigenvalue weighted by Gasteiger charge is -2.24. The zero-order chi connectivity index (χ0) is 44.5. The number of allylic oxidation sites excluding steroid dienone is 9. The fraction of sp³-hybridized carbons (Fsp3) is 0.667. The lowest BCUT2D eigenvalue weighted by Crippen LogP contribution is -2.37. The summed E-state index contributed by atoms with van der Waals surface area (Å²) >= 11 is 0. The molecule has 342 valence electrons. The molecule has 0 saturated carbocycles. The third-order valence-electron chi connectivity index (χ3n) is 9.84. The number of esters is 2. The lowest BCUT2D eigenvalue weighted by molar-refractivity contribution is -0.870. The first-order valence-corrected chi connectivity index (χ1v) is 24.0. The van der Waals surface area contributed by atoms with Crippen LogP contribution in [0, 0.1) is 13.8 Å². The van der Waals surface area contributed by atoms with E-state index in [0.717, 1.165) is 88.6 Å². The van der Waals surface area contributed by atoms with Gasteiger partial charge in [-0.3, -0.25) is 18.6 Å². The van der Waals surface area contributed by atoms with Crippen LogP contribution in [0.3, 0.4) is 0 Å². The normalized spacial score (nSPS) is 14.6. The molecule has 0 aliphatic heterocycles. The number of carbonyl (C=O) groups is 2. The van der Waals surface area contributed by atoms with E-state index in [0.29, 0.717) is 30.3 Å². The van der Waals surface area contributed by atoms with Crippen LogP contribution in [0.1, 0.15) is 146 Å². The van der Waals surface area contributed by atoms with E-state index in [1.54, 1.807) is 12.2 Å². The number of nitrogens with zero attached hydrogens (tertiary/aromatic N) is 1. The van der Waals surface area contributed by atoms with Gasteiger partial charge in [0.25, 0.3) is 0 Å². The Balaban J connectivity index is 2.43. The predicted octanol–water partition coefficient (Wildman–Crippen LogP) is 11.1. The summed E-state index contributed by atoms with van der Waals surface area (Å²) in [7, 11) is 1.33. The summed E-state index contributed by atoms with van der Waals surface area (Å²) in [5.74, 6) is 1.25. The Morgan fingerprint density at radius 2 is 1.28 bits per heavy atom. The molecule has 0 aliphatic carbocycles. The number of unbranched alkanes of at least 4 members (excludes halogenated alkanes) is 7. The highest BCUT2D eigenvalue weighted by Gasteiger charge is 2.27. The van der Waals surface area contributed by atoms with Crippen molar-refractivity contribution < 1.29 is 51.6 Å². The fourth-order valence-corrected chi connectivity index (χ4v) is 6.83. The van der Waals surface area contributed by atoms with Gasteiger partial charge in [-0.1, -0.05) is 113 Å². The molecule has 1 rings (SSSR count). The van der Waals surface area contributed by atoms with E-state index in [2.05, 4.69) is 64.2 Å². The van der Waals surface area contributed by atoms with Crippen molar-refractivity contribution in [3.8, 4) is 0 Å². The van der Waals surface area contributed by atoms with Gasteiger partial charge in [0.1, 0.15) is 31.3 Å². The van der Waals surface area contributed by atoms with Gasteiger partial charge >= 0.3 is 19.8 Å². The van der Waals surface area contributed by atoms with Crippen molar-refractivity contribution in [3.05, 3.63) is 83.4 Å². The van der Waals surface area contributed by atoms with Crippen molar-refractivity contribution in [2.75, 3.05) is 47.5 Å². The fourth-order valence-electron chi connectivity index (χ4n) is 6.09. The average molecular weight is 863 g/mol. The van der Waals surface area contributed by atoms with Crippen LogP contribution in [0.4, 0.5) is 0 Å². The van der Waals surface area contributed by atoms with Crippen LogP contribution in [0.5, 0.6) is 0 Å². The second-order valence-corrected chi connectivity index (χ2v) is 17.9. The number of furan rings is 1. The number of rotatable bonds is 36. The Hall–Kier alpha value is -3.05. The highest BCUT2D eigenvalue weighted by atomic mass is 31.2. The van der Waals surface area contributed by atoms with Gasteiger partial charge in [-0.25, -0.2) is 4.57 Å². The van der Waals surface area contributed by atoms with Crippen LogP contribution < -0.4 is 0 Å². The zero-order valence-electron chi connectivity index (χ0n) is 38.2. The van der Waals surface area contributed by atoms with Crippen LogP contribution in [0.25, 0.3) is 0 Å². The molecule has 1 aromatic heterocycles. The number of hydrogen-bond donors (Lipinski definition) is 2. The molecule has 0 aliphatic rings. The highest BCUT2D eigenvalue weighted by molar-refractivity contribution is 7.47. The van der Waals surface area contributed by atoms with Crippen LogP contribution in [0.15, 0.2) is 65.2 Å². The van der Waals surface area contributed by atoms with Gasteiger partial charge in [0.15, 0.2) is 6.10 Å². The summed E-state index contributed by atoms with van der Waals surface area (Å²) < 4.78 is 40.3. The van der Waals surface area contributed by atoms with Crippen LogP contribution in [0.2, 0.25) is 0 Å². The molecular formula is C48H81NO10P+. The quantitative estimate of drug-likeness (QED) is 0.0167. The number of phosphoric ester groups is 1. The maximum absolute atomic E-state index is 12.7. The third kappa shape index (κ3) is 30.1. The second-order valence-electron chi connectivity index (χ2n) is 16.5. The van der Waals surface area contributed by atoms with Gasteiger partial charge < -0.3 is 28.4 Å². The summed E-state index contributed by atoms with van der Waals surface area (Å²) in [6.45, 7) is 8.27. The molecule has 3 atom stereocenters. The maximum Gasteiger partial charge on any atom is 0.472 e. The number of aryl methyl sites for hydroxylation is 2. The number of phosphoric acid groups is 1. The molecule has 60 heavy (non-hydrogen) atoms. The first-order valence-electron chi connectivity index (χ1n) is 22.5. The lowest BCUT2D eigenvalue weighted by atomic mass is 10.0. The van der Waals surface area contributed by atoms with E-state index in [9.17, 15) is 24.2 Å². The number of quaternary nitrogens is 1. The number of likely N-dealkylation sites (N-methyl/N-ethyl adjacent to an activating group) is 1. The molecule has 0 spiro atoms. The summed E-state index contributed by atoms with van der Waals surface area (Å²) in [5.41, 5.74) is 2.61. The Labute approximate surface area is 363 Å². The Morgan fingerprint density at radius 3 is 1.90 bits per heavy atom. The molecule has 2 unspecified atom stereocenters. The van der Waals surface area contributed by atoms with E-state index < -0.39 is 38.6 Å². The van der Waals surface area contributed by atoms with Gasteiger partial charge in [0, 0.05) is 25.7 Å². The van der Waals surface area contributed by atoms with Gasteiger partial charge in [0.05, 0.1) is 33.9 Å². The zero-order valence-corrected chi connectivity index (χ0v) is 39.1. The number of aliphatic hydroxyl groups excluding tert-OH is 1. The molecule has 11 nitrogen and oxygen atoms in total. The van der Waals surface area contributed by atoms with Crippen molar-refractivity contribution in [1.82, 2.24) is 0 Å². The predicted molar refractivity (Wildman–Crippen MR) is 243 cm³/mol. The minimum atomic E-state index is -4.45.